The largest absolute Gasteiger partial charge is 0.313 e. The highest BCUT2D eigenvalue weighted by atomic mass is 16.9. The van der Waals surface area contributed by atoms with E-state index in [9.17, 15) is 0 Å². The first-order valence-corrected chi connectivity index (χ1v) is 7.90. The van der Waals surface area contributed by atoms with Gasteiger partial charge in [0.15, 0.2) is 18.7 Å². The molecule has 2 fully saturated rings. The molecule has 0 aromatic rings. The third-order valence-electron chi connectivity index (χ3n) is 4.99. The zero-order valence-electron chi connectivity index (χ0n) is 12.5. The Morgan fingerprint density at radius 1 is 1.00 bits per heavy atom. The third-order valence-corrected chi connectivity index (χ3v) is 4.99. The summed E-state index contributed by atoms with van der Waals surface area (Å²) in [4.78, 5) is 0. The number of hydrogen-bond acceptors (Lipinski definition) is 2. The first kappa shape index (κ1) is 13.6. The maximum absolute atomic E-state index is 5.84. The number of nitrogens with zero attached hydrogens (tertiary/aromatic N) is 2. The second kappa shape index (κ2) is 4.85. The van der Waals surface area contributed by atoms with Gasteiger partial charge in [0, 0.05) is 0 Å². The molecule has 2 bridgehead atoms. The predicted molar refractivity (Wildman–Crippen MR) is 73.3 cm³/mol. The smallest absolute Gasteiger partial charge is 0.286 e. The average Bonchev–Trinajstić information content (AvgIpc) is 2.86. The number of ether oxygens (including phenoxy) is 2. The van der Waals surface area contributed by atoms with Crippen LogP contribution in [-0.4, -0.2) is 47.5 Å². The Hall–Kier alpha value is -0.420. The van der Waals surface area contributed by atoms with Crippen molar-refractivity contribution in [3.05, 3.63) is 12.4 Å². The Morgan fingerprint density at radius 3 is 1.95 bits per heavy atom. The maximum Gasteiger partial charge on any atom is 0.286 e. The van der Waals surface area contributed by atoms with E-state index in [4.69, 9.17) is 9.47 Å². The molecule has 4 heterocycles. The quantitative estimate of drug-likeness (QED) is 0.661. The van der Waals surface area contributed by atoms with E-state index in [0.29, 0.717) is 6.17 Å². The molecule has 0 spiro atoms. The molecule has 2 unspecified atom stereocenters. The van der Waals surface area contributed by atoms with Gasteiger partial charge < -0.3 is 9.47 Å². The second-order valence-electron chi connectivity index (χ2n) is 6.42. The van der Waals surface area contributed by atoms with Gasteiger partial charge >= 0.3 is 0 Å². The van der Waals surface area contributed by atoms with Gasteiger partial charge in [-0.15, -0.1) is 0 Å². The molecule has 0 N–H and O–H groups in total. The molecule has 0 radical (unpaired) electrons. The van der Waals surface area contributed by atoms with E-state index in [0.717, 1.165) is 8.97 Å². The zero-order chi connectivity index (χ0) is 13.5. The van der Waals surface area contributed by atoms with Crippen molar-refractivity contribution in [1.82, 2.24) is 0 Å². The topological polar surface area (TPSA) is 18.5 Å². The van der Waals surface area contributed by atoms with Crippen LogP contribution in [0.25, 0.3) is 0 Å². The normalized spacial score (nSPS) is 47.0. The molecule has 0 saturated carbocycles. The summed E-state index contributed by atoms with van der Waals surface area (Å²) in [5.41, 5.74) is 0. The van der Waals surface area contributed by atoms with Crippen LogP contribution in [0, 0.1) is 0 Å². The minimum Gasteiger partial charge on any atom is -0.313 e. The van der Waals surface area contributed by atoms with Crippen LogP contribution in [0.2, 0.25) is 0 Å². The van der Waals surface area contributed by atoms with Crippen molar-refractivity contribution in [3.63, 3.8) is 0 Å². The summed E-state index contributed by atoms with van der Waals surface area (Å²) in [6.07, 6.45) is 10.4. The van der Waals surface area contributed by atoms with E-state index >= 15 is 0 Å². The van der Waals surface area contributed by atoms with E-state index in [-0.39, 0.29) is 12.6 Å². The highest BCUT2D eigenvalue weighted by Crippen LogP contribution is 2.49. The van der Waals surface area contributed by atoms with E-state index in [1.807, 2.05) is 6.92 Å². The van der Waals surface area contributed by atoms with Gasteiger partial charge in [-0.2, -0.15) is 8.97 Å². The monoisotopic (exact) mass is 268 g/mol. The van der Waals surface area contributed by atoms with Gasteiger partial charge in [0.25, 0.3) is 12.5 Å². The van der Waals surface area contributed by atoms with Crippen LogP contribution in [0.5, 0.6) is 0 Å². The molecule has 2 saturated heterocycles. The molecule has 4 nitrogen and oxygen atoms in total. The van der Waals surface area contributed by atoms with Crippen LogP contribution in [0.4, 0.5) is 0 Å². The number of quaternary nitrogens is 2. The molecular formula is C15H28N2O2+2. The summed E-state index contributed by atoms with van der Waals surface area (Å²) in [5, 5.41) is 0. The van der Waals surface area contributed by atoms with Gasteiger partial charge in [-0.3, -0.25) is 0 Å². The van der Waals surface area contributed by atoms with Crippen molar-refractivity contribution >= 4 is 0 Å². The summed E-state index contributed by atoms with van der Waals surface area (Å²) in [7, 11) is 0. The number of unbranched alkanes of at least 4 members (excludes halogenated alkanes) is 2. The second-order valence-corrected chi connectivity index (χ2v) is 6.42. The van der Waals surface area contributed by atoms with Crippen molar-refractivity contribution < 1.29 is 18.4 Å². The molecule has 4 aliphatic heterocycles. The van der Waals surface area contributed by atoms with Crippen LogP contribution < -0.4 is 0 Å². The average molecular weight is 268 g/mol. The van der Waals surface area contributed by atoms with Gasteiger partial charge in [0.1, 0.15) is 0 Å². The molecule has 19 heavy (non-hydrogen) atoms. The number of hydrogen-bond donors (Lipinski definition) is 0. The summed E-state index contributed by atoms with van der Waals surface area (Å²) >= 11 is 0. The Morgan fingerprint density at radius 2 is 1.53 bits per heavy atom. The van der Waals surface area contributed by atoms with Crippen LogP contribution in [0.15, 0.2) is 12.4 Å². The van der Waals surface area contributed by atoms with Crippen molar-refractivity contribution in [3.8, 4) is 0 Å². The van der Waals surface area contributed by atoms with E-state index in [1.54, 1.807) is 0 Å². The number of rotatable bonds is 7. The van der Waals surface area contributed by atoms with Crippen molar-refractivity contribution in [2.24, 2.45) is 0 Å². The molecule has 108 valence electrons. The fourth-order valence-electron chi connectivity index (χ4n) is 4.03. The highest BCUT2D eigenvalue weighted by Gasteiger charge is 2.73. The first-order chi connectivity index (χ1) is 9.16. The fraction of sp³-hybridized carbons (Fsp3) is 0.867. The van der Waals surface area contributed by atoms with Gasteiger partial charge in [-0.1, -0.05) is 26.7 Å². The van der Waals surface area contributed by atoms with Crippen molar-refractivity contribution in [1.29, 1.82) is 0 Å². The summed E-state index contributed by atoms with van der Waals surface area (Å²) in [6, 6.07) is 0. The summed E-state index contributed by atoms with van der Waals surface area (Å²) < 4.78 is 13.9. The lowest BCUT2D eigenvalue weighted by atomic mass is 10.1. The van der Waals surface area contributed by atoms with Crippen molar-refractivity contribution in [2.75, 3.05) is 19.8 Å². The van der Waals surface area contributed by atoms with Crippen LogP contribution in [-0.2, 0) is 9.47 Å². The van der Waals surface area contributed by atoms with Gasteiger partial charge in [0.2, 0.25) is 6.67 Å². The molecule has 0 aliphatic carbocycles. The maximum atomic E-state index is 5.84. The van der Waals surface area contributed by atoms with E-state index in [1.165, 1.54) is 45.4 Å². The lowest BCUT2D eigenvalue weighted by Crippen LogP contribution is -2.83. The van der Waals surface area contributed by atoms with Gasteiger partial charge in [0.05, 0.1) is 13.1 Å². The van der Waals surface area contributed by atoms with Crippen LogP contribution in [0.1, 0.15) is 46.5 Å². The predicted octanol–water partition coefficient (Wildman–Crippen LogP) is 2.72. The molecule has 0 amide bonds. The molecule has 2 atom stereocenters. The van der Waals surface area contributed by atoms with Gasteiger partial charge in [-0.05, 0) is 19.8 Å². The molecule has 4 aliphatic rings. The summed E-state index contributed by atoms with van der Waals surface area (Å²) in [6.45, 7) is 10.2. The third kappa shape index (κ3) is 1.97. The van der Waals surface area contributed by atoms with Crippen LogP contribution in [0.3, 0.4) is 0 Å². The lowest BCUT2D eigenvalue weighted by Gasteiger charge is -2.57. The fourth-order valence-corrected chi connectivity index (χ4v) is 4.03. The minimum absolute atomic E-state index is 0.00691. The van der Waals surface area contributed by atoms with Gasteiger partial charge in [-0.25, -0.2) is 0 Å². The molecule has 0 aromatic heterocycles. The standard InChI is InChI=1S/C15H28N2O2/c1-4-6-8-16-10-11-17(12-16,9-7-5-2)14(16)15-18-13(3)19-15/h10-11,13-15H,4-9,12H2,1-3H3/q+2. The van der Waals surface area contributed by atoms with Crippen molar-refractivity contribution in [2.45, 2.75) is 65.2 Å². The zero-order valence-corrected chi connectivity index (χ0v) is 12.5. The van der Waals surface area contributed by atoms with E-state index < -0.39 is 0 Å². The molecule has 4 heteroatoms. The summed E-state index contributed by atoms with van der Waals surface area (Å²) in [5.74, 6) is 0. The first-order valence-electron chi connectivity index (χ1n) is 7.90. The van der Waals surface area contributed by atoms with Crippen LogP contribution >= 0.6 is 0 Å². The minimum atomic E-state index is -0.00940. The Bertz CT molecular complexity index is 343. The Kier molecular flexibility index (Phi) is 3.46. The van der Waals surface area contributed by atoms with E-state index in [2.05, 4.69) is 26.2 Å². The SMILES string of the molecule is CCCC[N+]12C=C[N+](CCCC)(C1)C2C1OC(C)O1. The molecular weight excluding hydrogens is 240 g/mol. The molecule has 0 aromatic carbocycles. The molecule has 4 rings (SSSR count). The lowest BCUT2D eigenvalue weighted by molar-refractivity contribution is -1.24. The highest BCUT2D eigenvalue weighted by molar-refractivity contribution is 4.87. The Balaban J connectivity index is 1.72. The Labute approximate surface area is 116 Å².